The van der Waals surface area contributed by atoms with Crippen molar-refractivity contribution in [3.63, 3.8) is 0 Å². The maximum absolute atomic E-state index is 11.3. The van der Waals surface area contributed by atoms with Crippen molar-refractivity contribution in [1.29, 1.82) is 0 Å². The van der Waals surface area contributed by atoms with E-state index in [1.165, 1.54) is 0 Å². The van der Waals surface area contributed by atoms with Gasteiger partial charge in [-0.2, -0.15) is 25.3 Å². The summed E-state index contributed by atoms with van der Waals surface area (Å²) in [5.74, 6) is -1.07. The van der Waals surface area contributed by atoms with Crippen molar-refractivity contribution < 1.29 is 29.3 Å². The Labute approximate surface area is 121 Å². The summed E-state index contributed by atoms with van der Waals surface area (Å²) in [7, 11) is 0. The van der Waals surface area contributed by atoms with Crippen molar-refractivity contribution in [2.24, 2.45) is 0 Å². The van der Waals surface area contributed by atoms with Gasteiger partial charge in [-0.15, -0.1) is 0 Å². The molecule has 0 amide bonds. The largest absolute Gasteiger partial charge is 0.410 e. The van der Waals surface area contributed by atoms with Crippen molar-refractivity contribution in [3.05, 3.63) is 0 Å². The standard InChI is InChI=1S/C9H16O6S3/c10-5-6(11)9(18,14-7(12)1-3-16)15-8(13)2-4-17/h6,10-11,16-18H,1-5H2. The monoisotopic (exact) mass is 316 g/mol. The molecule has 0 spiro atoms. The summed E-state index contributed by atoms with van der Waals surface area (Å²) in [6.07, 6.45) is -1.75. The first-order chi connectivity index (χ1) is 8.39. The van der Waals surface area contributed by atoms with Gasteiger partial charge in [-0.25, -0.2) is 0 Å². The summed E-state index contributed by atoms with van der Waals surface area (Å²) in [4.78, 5) is 22.6. The first-order valence-corrected chi connectivity index (χ1v) is 6.77. The Morgan fingerprint density at radius 3 is 1.78 bits per heavy atom. The molecule has 0 aromatic rings. The Hall–Kier alpha value is -0.0900. The average Bonchev–Trinajstić information content (AvgIpc) is 2.27. The van der Waals surface area contributed by atoms with Gasteiger partial charge in [-0.05, 0) is 0 Å². The van der Waals surface area contributed by atoms with E-state index in [2.05, 4.69) is 37.9 Å². The number of carbonyl (C=O) groups excluding carboxylic acids is 2. The van der Waals surface area contributed by atoms with Gasteiger partial charge in [0.05, 0.1) is 19.4 Å². The van der Waals surface area contributed by atoms with Gasteiger partial charge in [0, 0.05) is 11.5 Å². The van der Waals surface area contributed by atoms with Crippen LogP contribution in [0.15, 0.2) is 0 Å². The zero-order chi connectivity index (χ0) is 14.2. The number of aliphatic hydroxyl groups excluding tert-OH is 2. The van der Waals surface area contributed by atoms with Crippen LogP contribution >= 0.6 is 37.9 Å². The molecule has 18 heavy (non-hydrogen) atoms. The van der Waals surface area contributed by atoms with E-state index < -0.39 is 29.8 Å². The van der Waals surface area contributed by atoms with Crippen molar-refractivity contribution >= 4 is 49.8 Å². The molecule has 0 bridgehead atoms. The number of ether oxygens (including phenoxy) is 2. The third-order valence-electron chi connectivity index (χ3n) is 1.75. The molecule has 0 saturated carbocycles. The van der Waals surface area contributed by atoms with E-state index in [1.54, 1.807) is 0 Å². The third kappa shape index (κ3) is 6.19. The summed E-state index contributed by atoms with van der Waals surface area (Å²) >= 11 is 11.5. The second kappa shape index (κ2) is 8.92. The predicted octanol–water partition coefficient (Wildman–Crippen LogP) is -0.351. The maximum Gasteiger partial charge on any atom is 0.332 e. The molecule has 106 valence electrons. The molecule has 0 aliphatic heterocycles. The predicted molar refractivity (Wildman–Crippen MR) is 73.9 cm³/mol. The zero-order valence-corrected chi connectivity index (χ0v) is 12.2. The molecular formula is C9H16O6S3. The Morgan fingerprint density at radius 2 is 1.50 bits per heavy atom. The van der Waals surface area contributed by atoms with E-state index >= 15 is 0 Å². The quantitative estimate of drug-likeness (QED) is 0.239. The normalized spacial score (nSPS) is 12.9. The molecule has 0 aliphatic rings. The lowest BCUT2D eigenvalue weighted by Crippen LogP contribution is -2.47. The molecule has 1 unspecified atom stereocenters. The van der Waals surface area contributed by atoms with E-state index in [4.69, 9.17) is 14.6 Å². The molecular weight excluding hydrogens is 300 g/mol. The van der Waals surface area contributed by atoms with Crippen LogP contribution in [0.1, 0.15) is 12.8 Å². The molecule has 0 heterocycles. The van der Waals surface area contributed by atoms with E-state index in [0.717, 1.165) is 0 Å². The Balaban J connectivity index is 4.72. The van der Waals surface area contributed by atoms with Crippen LogP contribution < -0.4 is 0 Å². The first kappa shape index (κ1) is 17.9. The number of esters is 2. The SMILES string of the molecule is O=C(CCS)OC(S)(OC(=O)CCS)C(O)CO. The molecule has 0 rings (SSSR count). The van der Waals surface area contributed by atoms with Gasteiger partial charge in [-0.1, -0.05) is 12.6 Å². The highest BCUT2D eigenvalue weighted by Crippen LogP contribution is 2.25. The van der Waals surface area contributed by atoms with Gasteiger partial charge in [-0.3, -0.25) is 9.59 Å². The van der Waals surface area contributed by atoms with Crippen molar-refractivity contribution in [2.45, 2.75) is 24.1 Å². The highest BCUT2D eigenvalue weighted by Gasteiger charge is 2.42. The van der Waals surface area contributed by atoms with E-state index in [9.17, 15) is 14.7 Å². The van der Waals surface area contributed by atoms with Gasteiger partial charge in [0.1, 0.15) is 0 Å². The third-order valence-corrected chi connectivity index (χ3v) is 2.67. The minimum atomic E-state index is -2.21. The number of aliphatic hydroxyl groups is 2. The minimum Gasteiger partial charge on any atom is -0.410 e. The Kier molecular flexibility index (Phi) is 8.87. The summed E-state index contributed by atoms with van der Waals surface area (Å²) in [6.45, 7) is -0.786. The lowest BCUT2D eigenvalue weighted by molar-refractivity contribution is -0.223. The van der Waals surface area contributed by atoms with Crippen LogP contribution in [-0.4, -0.2) is 51.5 Å². The Bertz CT molecular complexity index is 265. The highest BCUT2D eigenvalue weighted by atomic mass is 32.1. The van der Waals surface area contributed by atoms with Crippen LogP contribution in [0, 0.1) is 0 Å². The van der Waals surface area contributed by atoms with Crippen LogP contribution in [0.25, 0.3) is 0 Å². The summed E-state index contributed by atoms with van der Waals surface area (Å²) in [6, 6.07) is 0. The molecule has 0 saturated heterocycles. The smallest absolute Gasteiger partial charge is 0.332 e. The number of hydrogen-bond donors (Lipinski definition) is 5. The molecule has 0 aromatic carbocycles. The van der Waals surface area contributed by atoms with Crippen molar-refractivity contribution in [1.82, 2.24) is 0 Å². The van der Waals surface area contributed by atoms with Crippen molar-refractivity contribution in [2.75, 3.05) is 18.1 Å². The first-order valence-electron chi connectivity index (χ1n) is 5.06. The number of carbonyl (C=O) groups is 2. The highest BCUT2D eigenvalue weighted by molar-refractivity contribution is 7.81. The summed E-state index contributed by atoms with van der Waals surface area (Å²) in [5.41, 5.74) is 0. The van der Waals surface area contributed by atoms with Gasteiger partial charge < -0.3 is 19.7 Å². The molecule has 6 nitrogen and oxygen atoms in total. The van der Waals surface area contributed by atoms with E-state index in [1.807, 2.05) is 0 Å². The second-order valence-electron chi connectivity index (χ2n) is 3.22. The molecule has 9 heteroatoms. The van der Waals surface area contributed by atoms with Crippen LogP contribution in [-0.2, 0) is 19.1 Å². The summed E-state index contributed by atoms with van der Waals surface area (Å²) < 4.78 is 9.49. The average molecular weight is 316 g/mol. The minimum absolute atomic E-state index is 0.0479. The maximum atomic E-state index is 11.3. The van der Waals surface area contributed by atoms with Crippen LogP contribution in [0.5, 0.6) is 0 Å². The van der Waals surface area contributed by atoms with Crippen LogP contribution in [0.2, 0.25) is 0 Å². The lowest BCUT2D eigenvalue weighted by Gasteiger charge is -2.31. The van der Waals surface area contributed by atoms with Gasteiger partial charge in [0.2, 0.25) is 0 Å². The topological polar surface area (TPSA) is 93.1 Å². The number of rotatable bonds is 8. The lowest BCUT2D eigenvalue weighted by atomic mass is 10.3. The fraction of sp³-hybridized carbons (Fsp3) is 0.778. The van der Waals surface area contributed by atoms with Crippen molar-refractivity contribution in [3.8, 4) is 0 Å². The van der Waals surface area contributed by atoms with Gasteiger partial charge >= 0.3 is 17.1 Å². The second-order valence-corrected chi connectivity index (χ2v) is 4.74. The summed E-state index contributed by atoms with van der Waals surface area (Å²) in [5, 5.41) is 16.1. The molecule has 0 radical (unpaired) electrons. The van der Waals surface area contributed by atoms with Crippen LogP contribution in [0.4, 0.5) is 0 Å². The molecule has 0 aromatic heterocycles. The fourth-order valence-electron chi connectivity index (χ4n) is 0.883. The van der Waals surface area contributed by atoms with E-state index in [0.29, 0.717) is 0 Å². The molecule has 1 atom stereocenters. The Morgan fingerprint density at radius 1 is 1.11 bits per heavy atom. The van der Waals surface area contributed by atoms with Gasteiger partial charge in [0.25, 0.3) is 0 Å². The molecule has 0 aliphatic carbocycles. The van der Waals surface area contributed by atoms with Gasteiger partial charge in [0.15, 0.2) is 6.10 Å². The number of thiol groups is 3. The fourth-order valence-corrected chi connectivity index (χ4v) is 1.53. The molecule has 2 N–H and O–H groups in total. The molecule has 0 fully saturated rings. The zero-order valence-electron chi connectivity index (χ0n) is 9.48. The van der Waals surface area contributed by atoms with E-state index in [-0.39, 0.29) is 24.3 Å². The van der Waals surface area contributed by atoms with Crippen LogP contribution in [0.3, 0.4) is 0 Å². The number of hydrogen-bond acceptors (Lipinski definition) is 9.